The highest BCUT2D eigenvalue weighted by atomic mass is 16.5. The normalized spacial score (nSPS) is 11.4. The molecule has 0 saturated carbocycles. The van der Waals surface area contributed by atoms with Crippen LogP contribution in [0.5, 0.6) is 0 Å². The molecular formula is C31H25N3O3. The number of pyridine rings is 1. The largest absolute Gasteiger partial charge is 0.464 e. The first-order valence-corrected chi connectivity index (χ1v) is 12.1. The Labute approximate surface area is 213 Å². The third-order valence-corrected chi connectivity index (χ3v) is 6.91. The number of rotatable bonds is 4. The number of aromatic nitrogens is 3. The maximum absolute atomic E-state index is 12.7. The van der Waals surface area contributed by atoms with Gasteiger partial charge in [0, 0.05) is 46.9 Å². The van der Waals surface area contributed by atoms with Crippen LogP contribution in [0.4, 0.5) is 0 Å². The van der Waals surface area contributed by atoms with Crippen LogP contribution in [-0.2, 0) is 11.3 Å². The van der Waals surface area contributed by atoms with Gasteiger partial charge in [-0.1, -0.05) is 66.2 Å². The Hall–Kier alpha value is -4.71. The molecule has 6 heteroatoms. The zero-order chi connectivity index (χ0) is 25.7. The molecule has 0 aliphatic carbocycles. The molecule has 0 aliphatic rings. The van der Waals surface area contributed by atoms with E-state index in [1.54, 1.807) is 11.5 Å². The Kier molecular flexibility index (Phi) is 5.37. The number of hydrogen-bond donors (Lipinski definition) is 0. The average Bonchev–Trinajstić information content (AvgIpc) is 3.46. The van der Waals surface area contributed by atoms with Gasteiger partial charge in [-0.15, -0.1) is 0 Å². The third kappa shape index (κ3) is 3.69. The van der Waals surface area contributed by atoms with Gasteiger partial charge in [-0.3, -0.25) is 9.36 Å². The molecule has 0 amide bonds. The van der Waals surface area contributed by atoms with Crippen LogP contribution in [-0.4, -0.2) is 33.1 Å². The van der Waals surface area contributed by atoms with Gasteiger partial charge in [0.05, 0.1) is 23.8 Å². The van der Waals surface area contributed by atoms with Crippen molar-refractivity contribution in [2.45, 2.75) is 20.4 Å². The molecular weight excluding hydrogens is 462 g/mol. The van der Waals surface area contributed by atoms with Crippen molar-refractivity contribution in [3.8, 4) is 11.3 Å². The van der Waals surface area contributed by atoms with Crippen LogP contribution >= 0.6 is 0 Å². The summed E-state index contributed by atoms with van der Waals surface area (Å²) in [7, 11) is 1.36. The van der Waals surface area contributed by atoms with Gasteiger partial charge in [-0.2, -0.15) is 0 Å². The average molecular weight is 488 g/mol. The fourth-order valence-corrected chi connectivity index (χ4v) is 5.14. The summed E-state index contributed by atoms with van der Waals surface area (Å²) in [5.41, 5.74) is 6.74. The first-order valence-electron chi connectivity index (χ1n) is 12.1. The second-order valence-electron chi connectivity index (χ2n) is 9.28. The zero-order valence-corrected chi connectivity index (χ0v) is 20.9. The number of para-hydroxylation sites is 2. The van der Waals surface area contributed by atoms with Crippen LogP contribution in [0.3, 0.4) is 0 Å². The summed E-state index contributed by atoms with van der Waals surface area (Å²) in [5, 5.41) is 2.82. The number of carbonyl (C=O) groups is 2. The number of hydrogen-bond acceptors (Lipinski definition) is 4. The third-order valence-electron chi connectivity index (χ3n) is 6.91. The van der Waals surface area contributed by atoms with E-state index in [9.17, 15) is 9.59 Å². The minimum absolute atomic E-state index is 0.0944. The number of benzene rings is 3. The first-order chi connectivity index (χ1) is 18.0. The number of ether oxygens (including phenoxy) is 1. The Balaban J connectivity index is 1.75. The zero-order valence-electron chi connectivity index (χ0n) is 20.9. The molecule has 0 atom stereocenters. The molecule has 0 fully saturated rings. The van der Waals surface area contributed by atoms with Crippen LogP contribution < -0.4 is 0 Å². The smallest absolute Gasteiger partial charge is 0.356 e. The van der Waals surface area contributed by atoms with E-state index in [2.05, 4.69) is 47.9 Å². The number of fused-ring (bicyclic) bond motifs is 4. The summed E-state index contributed by atoms with van der Waals surface area (Å²) in [4.78, 5) is 30.1. The predicted molar refractivity (Wildman–Crippen MR) is 146 cm³/mol. The van der Waals surface area contributed by atoms with E-state index >= 15 is 0 Å². The Morgan fingerprint density at radius 2 is 1.54 bits per heavy atom. The Bertz CT molecular complexity index is 1840. The van der Waals surface area contributed by atoms with Crippen molar-refractivity contribution in [2.75, 3.05) is 7.11 Å². The summed E-state index contributed by atoms with van der Waals surface area (Å²) in [6, 6.07) is 26.2. The fraction of sp³-hybridized carbons (Fsp3) is 0.129. The molecule has 3 heterocycles. The standard InChI is InChI=1S/C31H25N3O3/c1-19-12-14-21(15-13-19)17-34-28-11-7-4-8-22(28)24-16-26(31(36)37-3)32-29(30(24)34)25-18-33(20(2)35)27-10-6-5-9-23(25)27/h4-16,18H,17H2,1-3H3. The fourth-order valence-electron chi connectivity index (χ4n) is 5.14. The molecule has 6 nitrogen and oxygen atoms in total. The van der Waals surface area contributed by atoms with Crippen molar-refractivity contribution in [3.63, 3.8) is 0 Å². The molecule has 0 aliphatic heterocycles. The number of carbonyl (C=O) groups excluding carboxylic acids is 2. The monoisotopic (exact) mass is 487 g/mol. The summed E-state index contributed by atoms with van der Waals surface area (Å²) in [5.74, 6) is -0.600. The van der Waals surface area contributed by atoms with Gasteiger partial charge in [-0.05, 0) is 30.7 Å². The lowest BCUT2D eigenvalue weighted by molar-refractivity contribution is 0.0594. The van der Waals surface area contributed by atoms with E-state index in [1.807, 2.05) is 48.7 Å². The molecule has 0 N–H and O–H groups in total. The lowest BCUT2D eigenvalue weighted by Crippen LogP contribution is -2.07. The summed E-state index contributed by atoms with van der Waals surface area (Å²) >= 11 is 0. The van der Waals surface area contributed by atoms with Gasteiger partial charge in [0.2, 0.25) is 5.91 Å². The summed E-state index contributed by atoms with van der Waals surface area (Å²) < 4.78 is 8.95. The van der Waals surface area contributed by atoms with E-state index in [0.29, 0.717) is 12.2 Å². The van der Waals surface area contributed by atoms with E-state index in [0.717, 1.165) is 43.8 Å². The maximum atomic E-state index is 12.7. The van der Waals surface area contributed by atoms with Crippen molar-refractivity contribution in [1.82, 2.24) is 14.1 Å². The molecule has 0 radical (unpaired) electrons. The molecule has 182 valence electrons. The van der Waals surface area contributed by atoms with Gasteiger partial charge < -0.3 is 9.30 Å². The molecule has 0 spiro atoms. The van der Waals surface area contributed by atoms with Crippen molar-refractivity contribution in [1.29, 1.82) is 0 Å². The minimum Gasteiger partial charge on any atom is -0.464 e. The van der Waals surface area contributed by atoms with E-state index in [1.165, 1.54) is 12.7 Å². The van der Waals surface area contributed by atoms with Crippen molar-refractivity contribution >= 4 is 44.6 Å². The van der Waals surface area contributed by atoms with E-state index in [-0.39, 0.29) is 11.6 Å². The molecule has 3 aromatic heterocycles. The SMILES string of the molecule is COC(=O)c1cc2c3ccccc3n(Cc3ccc(C)cc3)c2c(-c2cn(C(C)=O)c3ccccc23)n1. The number of nitrogens with zero attached hydrogens (tertiary/aromatic N) is 3. The van der Waals surface area contributed by atoms with Crippen molar-refractivity contribution in [3.05, 3.63) is 102 Å². The molecule has 0 bridgehead atoms. The molecule has 3 aromatic carbocycles. The van der Waals surface area contributed by atoms with Gasteiger partial charge in [-0.25, -0.2) is 9.78 Å². The van der Waals surface area contributed by atoms with E-state index in [4.69, 9.17) is 9.72 Å². The van der Waals surface area contributed by atoms with Crippen LogP contribution in [0, 0.1) is 6.92 Å². The Morgan fingerprint density at radius 3 is 2.24 bits per heavy atom. The van der Waals surface area contributed by atoms with Crippen LogP contribution in [0.15, 0.2) is 85.1 Å². The summed E-state index contributed by atoms with van der Waals surface area (Å²) in [6.45, 7) is 4.24. The van der Waals surface area contributed by atoms with Gasteiger partial charge in [0.15, 0.2) is 0 Å². The molecule has 6 rings (SSSR count). The molecule has 0 unspecified atom stereocenters. The van der Waals surface area contributed by atoms with Gasteiger partial charge >= 0.3 is 5.97 Å². The summed E-state index contributed by atoms with van der Waals surface area (Å²) in [6.07, 6.45) is 1.82. The highest BCUT2D eigenvalue weighted by Gasteiger charge is 2.23. The van der Waals surface area contributed by atoms with Gasteiger partial charge in [0.25, 0.3) is 0 Å². The topological polar surface area (TPSA) is 66.1 Å². The molecule has 0 saturated heterocycles. The van der Waals surface area contributed by atoms with Crippen LogP contribution in [0.2, 0.25) is 0 Å². The lowest BCUT2D eigenvalue weighted by Gasteiger charge is -2.12. The van der Waals surface area contributed by atoms with Crippen molar-refractivity contribution in [2.24, 2.45) is 0 Å². The first kappa shape index (κ1) is 22.7. The highest BCUT2D eigenvalue weighted by molar-refractivity contribution is 6.16. The van der Waals surface area contributed by atoms with Crippen LogP contribution in [0.1, 0.15) is 33.3 Å². The number of esters is 1. The molecule has 6 aromatic rings. The predicted octanol–water partition coefficient (Wildman–Crippen LogP) is 6.61. The number of aryl methyl sites for hydroxylation is 1. The van der Waals surface area contributed by atoms with Crippen LogP contribution in [0.25, 0.3) is 44.0 Å². The minimum atomic E-state index is -0.506. The Morgan fingerprint density at radius 1 is 0.865 bits per heavy atom. The molecule has 37 heavy (non-hydrogen) atoms. The second kappa shape index (κ2) is 8.75. The van der Waals surface area contributed by atoms with Crippen molar-refractivity contribution < 1.29 is 14.3 Å². The quantitative estimate of drug-likeness (QED) is 0.262. The highest BCUT2D eigenvalue weighted by Crippen LogP contribution is 2.39. The second-order valence-corrected chi connectivity index (χ2v) is 9.28. The van der Waals surface area contributed by atoms with E-state index < -0.39 is 5.97 Å². The van der Waals surface area contributed by atoms with Gasteiger partial charge in [0.1, 0.15) is 5.69 Å². The lowest BCUT2D eigenvalue weighted by atomic mass is 10.1. The maximum Gasteiger partial charge on any atom is 0.356 e. The number of methoxy groups -OCH3 is 1.